The van der Waals surface area contributed by atoms with Gasteiger partial charge in [-0.3, -0.25) is 4.79 Å². The predicted molar refractivity (Wildman–Crippen MR) is 113 cm³/mol. The zero-order valence-electron chi connectivity index (χ0n) is 16.8. The van der Waals surface area contributed by atoms with Gasteiger partial charge in [-0.1, -0.05) is 36.8 Å². The molecule has 148 valence electrons. The molecule has 0 atom stereocenters. The van der Waals surface area contributed by atoms with Crippen LogP contribution in [0.3, 0.4) is 0 Å². The lowest BCUT2D eigenvalue weighted by Crippen LogP contribution is -2.26. The number of nitrogens with one attached hydrogen (secondary N) is 1. The lowest BCUT2D eigenvalue weighted by molar-refractivity contribution is -0.121. The van der Waals surface area contributed by atoms with Crippen molar-refractivity contribution < 1.29 is 9.53 Å². The van der Waals surface area contributed by atoms with Crippen molar-refractivity contribution in [3.63, 3.8) is 0 Å². The summed E-state index contributed by atoms with van der Waals surface area (Å²) in [6.07, 6.45) is 3.06. The summed E-state index contributed by atoms with van der Waals surface area (Å²) < 4.78 is 8.11. The molecule has 0 aliphatic rings. The van der Waals surface area contributed by atoms with Gasteiger partial charge in [0.15, 0.2) is 0 Å². The third-order valence-corrected chi connectivity index (χ3v) is 4.70. The first-order valence-electron chi connectivity index (χ1n) is 10.1. The van der Waals surface area contributed by atoms with E-state index >= 15 is 0 Å². The number of ether oxygens (including phenoxy) is 1. The summed E-state index contributed by atoms with van der Waals surface area (Å²) in [5, 5.41) is 2.98. The van der Waals surface area contributed by atoms with E-state index in [1.54, 1.807) is 0 Å². The number of hydrogen-bond donors (Lipinski definition) is 1. The van der Waals surface area contributed by atoms with Crippen molar-refractivity contribution >= 4 is 16.9 Å². The first kappa shape index (κ1) is 19.9. The monoisotopic (exact) mass is 379 g/mol. The van der Waals surface area contributed by atoms with Gasteiger partial charge in [-0.25, -0.2) is 4.98 Å². The van der Waals surface area contributed by atoms with E-state index in [1.165, 1.54) is 5.56 Å². The van der Waals surface area contributed by atoms with Gasteiger partial charge in [0.2, 0.25) is 5.91 Å². The van der Waals surface area contributed by atoms with Crippen LogP contribution >= 0.6 is 0 Å². The van der Waals surface area contributed by atoms with E-state index in [-0.39, 0.29) is 5.91 Å². The minimum atomic E-state index is 0.108. The molecule has 28 heavy (non-hydrogen) atoms. The SMILES string of the molecule is CCCC(=O)NCCc1nc2ccccc2n1CCCOc1ccc(C)cc1. The molecule has 0 radical (unpaired) electrons. The number of carbonyl (C=O) groups excluding carboxylic acids is 1. The first-order valence-corrected chi connectivity index (χ1v) is 10.1. The molecule has 1 amide bonds. The molecule has 5 heteroatoms. The highest BCUT2D eigenvalue weighted by atomic mass is 16.5. The Morgan fingerprint density at radius 1 is 1.14 bits per heavy atom. The molecular formula is C23H29N3O2. The minimum Gasteiger partial charge on any atom is -0.494 e. The number of imidazole rings is 1. The topological polar surface area (TPSA) is 56.2 Å². The van der Waals surface area contributed by atoms with Crippen LogP contribution in [0.25, 0.3) is 11.0 Å². The zero-order chi connectivity index (χ0) is 19.8. The van der Waals surface area contributed by atoms with Crippen LogP contribution in [-0.4, -0.2) is 28.6 Å². The number of para-hydroxylation sites is 2. The van der Waals surface area contributed by atoms with E-state index in [2.05, 4.69) is 35.0 Å². The molecule has 1 N–H and O–H groups in total. The van der Waals surface area contributed by atoms with E-state index in [0.29, 0.717) is 19.6 Å². The predicted octanol–water partition coefficient (Wildman–Crippen LogP) is 4.27. The van der Waals surface area contributed by atoms with E-state index in [4.69, 9.17) is 9.72 Å². The molecule has 0 aliphatic heterocycles. The van der Waals surface area contributed by atoms with Crippen molar-refractivity contribution in [2.45, 2.75) is 46.1 Å². The van der Waals surface area contributed by atoms with Gasteiger partial charge >= 0.3 is 0 Å². The molecule has 0 saturated heterocycles. The van der Waals surface area contributed by atoms with E-state index in [9.17, 15) is 4.79 Å². The summed E-state index contributed by atoms with van der Waals surface area (Å²) in [6.45, 7) is 6.19. The maximum Gasteiger partial charge on any atom is 0.219 e. The standard InChI is InChI=1S/C23H29N3O2/c1-3-7-23(27)24-15-14-22-25-20-8-4-5-9-21(20)26(22)16-6-17-28-19-12-10-18(2)11-13-19/h4-5,8-13H,3,6-7,14-17H2,1-2H3,(H,24,27). The fraction of sp³-hybridized carbons (Fsp3) is 0.391. The molecule has 2 aromatic carbocycles. The van der Waals surface area contributed by atoms with Crippen LogP contribution in [0.4, 0.5) is 0 Å². The van der Waals surface area contributed by atoms with Crippen LogP contribution in [0.1, 0.15) is 37.6 Å². The smallest absolute Gasteiger partial charge is 0.219 e. The van der Waals surface area contributed by atoms with Gasteiger partial charge in [0.1, 0.15) is 11.6 Å². The largest absolute Gasteiger partial charge is 0.494 e. The van der Waals surface area contributed by atoms with Gasteiger partial charge in [0.25, 0.3) is 0 Å². The average molecular weight is 380 g/mol. The molecule has 1 aromatic heterocycles. The molecule has 0 fully saturated rings. The van der Waals surface area contributed by atoms with Gasteiger partial charge in [0, 0.05) is 25.9 Å². The number of hydrogen-bond acceptors (Lipinski definition) is 3. The number of nitrogens with zero attached hydrogens (tertiary/aromatic N) is 2. The number of carbonyl (C=O) groups is 1. The molecule has 3 rings (SSSR count). The summed E-state index contributed by atoms with van der Waals surface area (Å²) in [4.78, 5) is 16.5. The Morgan fingerprint density at radius 2 is 1.93 bits per heavy atom. The summed E-state index contributed by atoms with van der Waals surface area (Å²) in [5.41, 5.74) is 3.36. The number of fused-ring (bicyclic) bond motifs is 1. The Labute approximate surface area is 166 Å². The number of aromatic nitrogens is 2. The lowest BCUT2D eigenvalue weighted by Gasteiger charge is -2.11. The Hall–Kier alpha value is -2.82. The molecule has 3 aromatic rings. The van der Waals surface area contributed by atoms with Gasteiger partial charge in [0.05, 0.1) is 17.6 Å². The summed E-state index contributed by atoms with van der Waals surface area (Å²) in [5.74, 6) is 2.02. The van der Waals surface area contributed by atoms with E-state index < -0.39 is 0 Å². The summed E-state index contributed by atoms with van der Waals surface area (Å²) in [7, 11) is 0. The van der Waals surface area contributed by atoms with Crippen molar-refractivity contribution in [2.75, 3.05) is 13.2 Å². The lowest BCUT2D eigenvalue weighted by atomic mass is 10.2. The van der Waals surface area contributed by atoms with Crippen LogP contribution < -0.4 is 10.1 Å². The Balaban J connectivity index is 1.60. The molecular weight excluding hydrogens is 350 g/mol. The van der Waals surface area contributed by atoms with Crippen LogP contribution in [0.5, 0.6) is 5.75 Å². The Kier molecular flexibility index (Phi) is 7.06. The second kappa shape index (κ2) is 9.93. The minimum absolute atomic E-state index is 0.108. The number of rotatable bonds is 10. The van der Waals surface area contributed by atoms with E-state index in [1.807, 2.05) is 37.3 Å². The fourth-order valence-electron chi connectivity index (χ4n) is 3.24. The highest BCUT2D eigenvalue weighted by molar-refractivity contribution is 5.76. The van der Waals surface area contributed by atoms with Crippen LogP contribution in [-0.2, 0) is 17.8 Å². The number of benzene rings is 2. The zero-order valence-corrected chi connectivity index (χ0v) is 16.8. The quantitative estimate of drug-likeness (QED) is 0.535. The number of aryl methyl sites for hydroxylation is 2. The maximum absolute atomic E-state index is 11.7. The molecule has 0 unspecified atom stereocenters. The maximum atomic E-state index is 11.7. The van der Waals surface area contributed by atoms with Crippen LogP contribution in [0, 0.1) is 6.92 Å². The van der Waals surface area contributed by atoms with Crippen LogP contribution in [0.2, 0.25) is 0 Å². The van der Waals surface area contributed by atoms with Crippen LogP contribution in [0.15, 0.2) is 48.5 Å². The van der Waals surface area contributed by atoms with Gasteiger partial charge in [-0.05, 0) is 44.0 Å². The van der Waals surface area contributed by atoms with Crippen molar-refractivity contribution in [1.82, 2.24) is 14.9 Å². The third kappa shape index (κ3) is 5.35. The summed E-state index contributed by atoms with van der Waals surface area (Å²) >= 11 is 0. The first-order chi connectivity index (χ1) is 13.7. The molecule has 5 nitrogen and oxygen atoms in total. The van der Waals surface area contributed by atoms with Gasteiger partial charge < -0.3 is 14.6 Å². The average Bonchev–Trinajstić information content (AvgIpc) is 3.04. The summed E-state index contributed by atoms with van der Waals surface area (Å²) in [6, 6.07) is 16.3. The normalized spacial score (nSPS) is 10.9. The van der Waals surface area contributed by atoms with Crippen molar-refractivity contribution in [3.05, 3.63) is 59.9 Å². The van der Waals surface area contributed by atoms with E-state index in [0.717, 1.165) is 48.4 Å². The molecule has 0 bridgehead atoms. The Morgan fingerprint density at radius 3 is 2.71 bits per heavy atom. The third-order valence-electron chi connectivity index (χ3n) is 4.70. The molecule has 0 aliphatic carbocycles. The molecule has 1 heterocycles. The van der Waals surface area contributed by atoms with Gasteiger partial charge in [-0.15, -0.1) is 0 Å². The fourth-order valence-corrected chi connectivity index (χ4v) is 3.24. The van der Waals surface area contributed by atoms with Crippen molar-refractivity contribution in [2.24, 2.45) is 0 Å². The number of amides is 1. The molecule has 0 saturated carbocycles. The van der Waals surface area contributed by atoms with Crippen molar-refractivity contribution in [1.29, 1.82) is 0 Å². The highest BCUT2D eigenvalue weighted by Crippen LogP contribution is 2.17. The van der Waals surface area contributed by atoms with Crippen molar-refractivity contribution in [3.8, 4) is 5.75 Å². The van der Waals surface area contributed by atoms with Gasteiger partial charge in [-0.2, -0.15) is 0 Å². The Bertz CT molecular complexity index is 900. The second-order valence-electron chi connectivity index (χ2n) is 7.03. The molecule has 0 spiro atoms. The second-order valence-corrected chi connectivity index (χ2v) is 7.03. The highest BCUT2D eigenvalue weighted by Gasteiger charge is 2.10.